The lowest BCUT2D eigenvalue weighted by Gasteiger charge is -2.23. The summed E-state index contributed by atoms with van der Waals surface area (Å²) in [5.74, 6) is -3.63. The predicted molar refractivity (Wildman–Crippen MR) is 48.4 cm³/mol. The minimum Gasteiger partial charge on any atom is -0.480 e. The monoisotopic (exact) mass is 259 g/mol. The van der Waals surface area contributed by atoms with Gasteiger partial charge in [-0.25, -0.2) is 4.79 Å². The third kappa shape index (κ3) is 6.74. The molecule has 2 atom stereocenters. The molecule has 17 heavy (non-hydrogen) atoms. The summed E-state index contributed by atoms with van der Waals surface area (Å²) < 4.78 is 31.7. The highest BCUT2D eigenvalue weighted by Crippen LogP contribution is 2.13. The van der Waals surface area contributed by atoms with Gasteiger partial charge >= 0.3 is 18.1 Å². The van der Waals surface area contributed by atoms with Crippen molar-refractivity contribution in [3.63, 3.8) is 0 Å². The number of piperidine rings is 1. The van der Waals surface area contributed by atoms with Crippen LogP contribution in [0.15, 0.2) is 0 Å². The van der Waals surface area contributed by atoms with Crippen LogP contribution in [0.5, 0.6) is 0 Å². The molecule has 0 saturated carbocycles. The summed E-state index contributed by atoms with van der Waals surface area (Å²) in [4.78, 5) is 19.2. The van der Waals surface area contributed by atoms with Gasteiger partial charge in [-0.15, -0.1) is 0 Å². The van der Waals surface area contributed by atoms with E-state index in [0.717, 1.165) is 0 Å². The van der Waals surface area contributed by atoms with Gasteiger partial charge in [0.25, 0.3) is 0 Å². The number of rotatable bonds is 1. The van der Waals surface area contributed by atoms with E-state index < -0.39 is 30.3 Å². The Morgan fingerprint density at radius 1 is 1.24 bits per heavy atom. The Morgan fingerprint density at radius 3 is 1.94 bits per heavy atom. The molecule has 4 N–H and O–H groups in total. The Kier molecular flexibility index (Phi) is 5.89. The number of carboxylic acids is 2. The zero-order valence-corrected chi connectivity index (χ0v) is 8.57. The van der Waals surface area contributed by atoms with Gasteiger partial charge in [0.1, 0.15) is 6.04 Å². The van der Waals surface area contributed by atoms with Crippen LogP contribution in [0.1, 0.15) is 12.8 Å². The standard InChI is InChI=1S/C6H11NO3.C2HF3O2/c8-4-1-2-7-5(3-4)6(9)10;3-2(4,5)1(6)7/h4-5,7-8H,1-3H2,(H,9,10);(H,6,7)/t4-,5+;/m0./s1. The molecule has 0 radical (unpaired) electrons. The molecule has 9 heteroatoms. The van der Waals surface area contributed by atoms with Crippen molar-refractivity contribution >= 4 is 11.9 Å². The highest BCUT2D eigenvalue weighted by molar-refractivity contribution is 5.73. The Hall–Kier alpha value is -1.35. The fraction of sp³-hybridized carbons (Fsp3) is 0.750. The fourth-order valence-corrected chi connectivity index (χ4v) is 1.09. The van der Waals surface area contributed by atoms with Crippen molar-refractivity contribution in [1.29, 1.82) is 0 Å². The molecule has 0 aromatic carbocycles. The van der Waals surface area contributed by atoms with Crippen LogP contribution in [0, 0.1) is 0 Å². The van der Waals surface area contributed by atoms with E-state index in [9.17, 15) is 18.0 Å². The molecule has 1 aliphatic rings. The molecule has 1 heterocycles. The van der Waals surface area contributed by atoms with Gasteiger partial charge in [-0.3, -0.25) is 4.79 Å². The maximum atomic E-state index is 10.6. The van der Waals surface area contributed by atoms with Crippen molar-refractivity contribution in [1.82, 2.24) is 5.32 Å². The second-order valence-electron chi connectivity index (χ2n) is 3.33. The highest BCUT2D eigenvalue weighted by Gasteiger charge is 2.38. The van der Waals surface area contributed by atoms with Gasteiger partial charge in [-0.05, 0) is 19.4 Å². The van der Waals surface area contributed by atoms with Gasteiger partial charge < -0.3 is 20.6 Å². The smallest absolute Gasteiger partial charge is 0.480 e. The van der Waals surface area contributed by atoms with E-state index in [1.54, 1.807) is 0 Å². The number of aliphatic carboxylic acids is 2. The topological polar surface area (TPSA) is 107 Å². The molecular formula is C8H12F3NO5. The molecule has 0 aromatic heterocycles. The van der Waals surface area contributed by atoms with Crippen LogP contribution in [0.25, 0.3) is 0 Å². The Morgan fingerprint density at radius 2 is 1.71 bits per heavy atom. The summed E-state index contributed by atoms with van der Waals surface area (Å²) in [7, 11) is 0. The lowest BCUT2D eigenvalue weighted by molar-refractivity contribution is -0.192. The maximum absolute atomic E-state index is 10.6. The van der Waals surface area contributed by atoms with Crippen molar-refractivity contribution in [2.75, 3.05) is 6.54 Å². The highest BCUT2D eigenvalue weighted by atomic mass is 19.4. The summed E-state index contributed by atoms with van der Waals surface area (Å²) in [5.41, 5.74) is 0. The lowest BCUT2D eigenvalue weighted by atomic mass is 10.0. The van der Waals surface area contributed by atoms with Gasteiger partial charge in [0.05, 0.1) is 6.10 Å². The first-order valence-corrected chi connectivity index (χ1v) is 4.59. The third-order valence-corrected chi connectivity index (χ3v) is 1.92. The molecule has 1 saturated heterocycles. The number of carboxylic acid groups (broad SMARTS) is 2. The van der Waals surface area contributed by atoms with E-state index >= 15 is 0 Å². The number of hydrogen-bond acceptors (Lipinski definition) is 4. The van der Waals surface area contributed by atoms with Crippen molar-refractivity contribution in [3.8, 4) is 0 Å². The molecule has 1 rings (SSSR count). The van der Waals surface area contributed by atoms with Crippen LogP contribution in [0.2, 0.25) is 0 Å². The van der Waals surface area contributed by atoms with Gasteiger partial charge in [-0.1, -0.05) is 0 Å². The van der Waals surface area contributed by atoms with Crippen molar-refractivity contribution in [2.24, 2.45) is 0 Å². The predicted octanol–water partition coefficient (Wildman–Crippen LogP) is -0.183. The van der Waals surface area contributed by atoms with E-state index in [0.29, 0.717) is 19.4 Å². The first-order chi connectivity index (χ1) is 7.64. The number of aliphatic hydroxyl groups is 1. The van der Waals surface area contributed by atoms with Gasteiger partial charge in [0.2, 0.25) is 0 Å². The molecular weight excluding hydrogens is 247 g/mol. The Bertz CT molecular complexity index is 281. The zero-order chi connectivity index (χ0) is 13.6. The number of carbonyl (C=O) groups is 2. The molecule has 0 aromatic rings. The van der Waals surface area contributed by atoms with Gasteiger partial charge in [0.15, 0.2) is 0 Å². The molecule has 1 fully saturated rings. The second-order valence-corrected chi connectivity index (χ2v) is 3.33. The quantitative estimate of drug-likeness (QED) is 0.520. The number of alkyl halides is 3. The summed E-state index contributed by atoms with van der Waals surface area (Å²) in [6.07, 6.45) is -4.54. The normalized spacial score (nSPS) is 24.5. The number of nitrogens with one attached hydrogen (secondary N) is 1. The zero-order valence-electron chi connectivity index (χ0n) is 8.57. The van der Waals surface area contributed by atoms with Gasteiger partial charge in [0, 0.05) is 0 Å². The minimum atomic E-state index is -5.08. The number of aliphatic hydroxyl groups excluding tert-OH is 1. The van der Waals surface area contributed by atoms with Crippen LogP contribution < -0.4 is 5.32 Å². The summed E-state index contributed by atoms with van der Waals surface area (Å²) in [6.45, 7) is 0.595. The average molecular weight is 259 g/mol. The minimum absolute atomic E-state index is 0.329. The van der Waals surface area contributed by atoms with Crippen molar-refractivity contribution in [2.45, 2.75) is 31.2 Å². The van der Waals surface area contributed by atoms with Crippen LogP contribution in [-0.2, 0) is 9.59 Å². The van der Waals surface area contributed by atoms with E-state index in [-0.39, 0.29) is 0 Å². The third-order valence-electron chi connectivity index (χ3n) is 1.92. The van der Waals surface area contributed by atoms with Gasteiger partial charge in [-0.2, -0.15) is 13.2 Å². The molecule has 6 nitrogen and oxygen atoms in total. The Balaban J connectivity index is 0.000000325. The maximum Gasteiger partial charge on any atom is 0.490 e. The summed E-state index contributed by atoms with van der Waals surface area (Å²) in [6, 6.07) is -0.552. The van der Waals surface area contributed by atoms with Crippen molar-refractivity contribution < 1.29 is 38.1 Å². The van der Waals surface area contributed by atoms with Crippen LogP contribution in [0.4, 0.5) is 13.2 Å². The molecule has 0 aliphatic carbocycles. The summed E-state index contributed by atoms with van der Waals surface area (Å²) >= 11 is 0. The van der Waals surface area contributed by atoms with E-state index in [1.165, 1.54) is 0 Å². The fourth-order valence-electron chi connectivity index (χ4n) is 1.09. The van der Waals surface area contributed by atoms with E-state index in [1.807, 2.05) is 0 Å². The van der Waals surface area contributed by atoms with E-state index in [4.69, 9.17) is 20.1 Å². The summed E-state index contributed by atoms with van der Waals surface area (Å²) in [5, 5.41) is 27.4. The molecule has 100 valence electrons. The Labute approximate surface area is 94.0 Å². The average Bonchev–Trinajstić information content (AvgIpc) is 2.17. The first-order valence-electron chi connectivity index (χ1n) is 4.59. The molecule has 0 bridgehead atoms. The van der Waals surface area contributed by atoms with E-state index in [2.05, 4.69) is 5.32 Å². The SMILES string of the molecule is O=C(O)C(F)(F)F.O=C(O)[C@H]1C[C@@H](O)CCN1. The molecule has 0 amide bonds. The molecule has 0 unspecified atom stereocenters. The molecule has 1 aliphatic heterocycles. The number of hydrogen-bond donors (Lipinski definition) is 4. The first kappa shape index (κ1) is 15.7. The van der Waals surface area contributed by atoms with Crippen molar-refractivity contribution in [3.05, 3.63) is 0 Å². The number of halogens is 3. The largest absolute Gasteiger partial charge is 0.490 e. The van der Waals surface area contributed by atoms with Crippen LogP contribution >= 0.6 is 0 Å². The van der Waals surface area contributed by atoms with Crippen LogP contribution in [-0.4, -0.2) is 52.1 Å². The molecule has 0 spiro atoms. The van der Waals surface area contributed by atoms with Crippen LogP contribution in [0.3, 0.4) is 0 Å². The lowest BCUT2D eigenvalue weighted by Crippen LogP contribution is -2.45. The second kappa shape index (κ2) is 6.40.